The van der Waals surface area contributed by atoms with Crippen LogP contribution < -0.4 is 5.32 Å². The number of rotatable bonds is 13. The van der Waals surface area contributed by atoms with E-state index >= 15 is 0 Å². The van der Waals surface area contributed by atoms with Gasteiger partial charge in [0.2, 0.25) is 5.91 Å². The van der Waals surface area contributed by atoms with Crippen molar-refractivity contribution in [3.8, 4) is 0 Å². The summed E-state index contributed by atoms with van der Waals surface area (Å²) in [6.45, 7) is 5.26. The summed E-state index contributed by atoms with van der Waals surface area (Å²) in [4.78, 5) is 25.1. The van der Waals surface area contributed by atoms with Crippen LogP contribution in [0.5, 0.6) is 0 Å². The number of carbonyl (C=O) groups is 2. The maximum Gasteiger partial charge on any atom is 0.303 e. The maximum atomic E-state index is 12.3. The SMILES string of the molecule is C=CCN(C)CC1CC(c2ccc(CO)cc2)OC(c2cccc(NC(=O)CCCCC(=O)O)c2)O1. The Bertz CT molecular complexity index is 1010. The fraction of sp³-hybridized carbons (Fsp3) is 0.429. The van der Waals surface area contributed by atoms with Crippen molar-refractivity contribution in [2.75, 3.05) is 25.5 Å². The molecule has 2 aromatic rings. The summed E-state index contributed by atoms with van der Waals surface area (Å²) in [5.41, 5.74) is 3.29. The van der Waals surface area contributed by atoms with Gasteiger partial charge in [0.25, 0.3) is 0 Å². The molecule has 3 rings (SSSR count). The number of aliphatic hydroxyl groups is 1. The van der Waals surface area contributed by atoms with Gasteiger partial charge in [0.15, 0.2) is 6.29 Å². The Morgan fingerprint density at radius 3 is 2.56 bits per heavy atom. The van der Waals surface area contributed by atoms with E-state index in [0.717, 1.165) is 23.2 Å². The van der Waals surface area contributed by atoms with Crippen LogP contribution in [0.4, 0.5) is 5.69 Å². The van der Waals surface area contributed by atoms with Crippen molar-refractivity contribution in [3.63, 3.8) is 0 Å². The number of aliphatic hydroxyl groups excluding tert-OH is 1. The average molecular weight is 497 g/mol. The summed E-state index contributed by atoms with van der Waals surface area (Å²) in [6.07, 6.45) is 2.96. The van der Waals surface area contributed by atoms with Crippen LogP contribution in [-0.4, -0.2) is 53.2 Å². The van der Waals surface area contributed by atoms with Gasteiger partial charge in [-0.05, 0) is 43.1 Å². The monoisotopic (exact) mass is 496 g/mol. The predicted molar refractivity (Wildman–Crippen MR) is 137 cm³/mol. The van der Waals surface area contributed by atoms with Crippen molar-refractivity contribution in [2.24, 2.45) is 0 Å². The van der Waals surface area contributed by atoms with Gasteiger partial charge in [0.1, 0.15) is 0 Å². The lowest BCUT2D eigenvalue weighted by Gasteiger charge is -2.37. The second kappa shape index (κ2) is 13.9. The molecule has 3 unspecified atom stereocenters. The second-order valence-corrected chi connectivity index (χ2v) is 9.13. The van der Waals surface area contributed by atoms with Crippen LogP contribution in [0.15, 0.2) is 61.2 Å². The average Bonchev–Trinajstić information content (AvgIpc) is 2.86. The molecule has 1 aliphatic heterocycles. The lowest BCUT2D eigenvalue weighted by Crippen LogP contribution is -2.37. The highest BCUT2D eigenvalue weighted by Crippen LogP contribution is 2.38. The number of benzene rings is 2. The molecule has 3 atom stereocenters. The molecule has 194 valence electrons. The third kappa shape index (κ3) is 8.57. The van der Waals surface area contributed by atoms with Crippen molar-refractivity contribution in [1.82, 2.24) is 4.90 Å². The Morgan fingerprint density at radius 2 is 1.86 bits per heavy atom. The minimum atomic E-state index is -0.854. The van der Waals surface area contributed by atoms with Gasteiger partial charge in [0.05, 0.1) is 18.8 Å². The van der Waals surface area contributed by atoms with Crippen LogP contribution in [0, 0.1) is 0 Å². The van der Waals surface area contributed by atoms with Gasteiger partial charge < -0.3 is 29.9 Å². The van der Waals surface area contributed by atoms with Crippen LogP contribution in [0.1, 0.15) is 61.2 Å². The molecule has 36 heavy (non-hydrogen) atoms. The lowest BCUT2D eigenvalue weighted by atomic mass is 9.99. The van der Waals surface area contributed by atoms with Gasteiger partial charge in [-0.3, -0.25) is 9.59 Å². The van der Waals surface area contributed by atoms with E-state index in [1.54, 1.807) is 0 Å². The Labute approximate surface area is 212 Å². The minimum absolute atomic E-state index is 0.00934. The van der Waals surface area contributed by atoms with Crippen LogP contribution in [0.3, 0.4) is 0 Å². The Hall–Kier alpha value is -3.04. The van der Waals surface area contributed by atoms with Crippen LogP contribution in [0.2, 0.25) is 0 Å². The third-order valence-corrected chi connectivity index (χ3v) is 6.06. The first-order valence-corrected chi connectivity index (χ1v) is 12.3. The number of carboxylic acid groups (broad SMARTS) is 1. The number of nitrogens with one attached hydrogen (secondary N) is 1. The number of anilines is 1. The third-order valence-electron chi connectivity index (χ3n) is 6.06. The van der Waals surface area contributed by atoms with E-state index in [2.05, 4.69) is 16.8 Å². The molecule has 8 nitrogen and oxygen atoms in total. The normalized spacial score (nSPS) is 19.7. The first kappa shape index (κ1) is 27.5. The maximum absolute atomic E-state index is 12.3. The molecule has 0 spiro atoms. The second-order valence-electron chi connectivity index (χ2n) is 9.13. The summed E-state index contributed by atoms with van der Waals surface area (Å²) >= 11 is 0. The van der Waals surface area contributed by atoms with Crippen molar-refractivity contribution < 1.29 is 29.3 Å². The molecule has 1 amide bonds. The molecule has 3 N–H and O–H groups in total. The highest BCUT2D eigenvalue weighted by Gasteiger charge is 2.32. The molecule has 2 aromatic carbocycles. The van der Waals surface area contributed by atoms with Crippen LogP contribution >= 0.6 is 0 Å². The molecule has 1 fully saturated rings. The fourth-order valence-corrected chi connectivity index (χ4v) is 4.22. The van der Waals surface area contributed by atoms with Gasteiger partial charge in [-0.15, -0.1) is 6.58 Å². The molecule has 8 heteroatoms. The zero-order valence-electron chi connectivity index (χ0n) is 20.8. The number of ether oxygens (including phenoxy) is 2. The standard InChI is InChI=1S/C28H36N2O6/c1-3-15-30(2)18-24-17-25(21-13-11-20(19-31)12-14-21)36-28(35-24)22-7-6-8-23(16-22)29-26(32)9-4-5-10-27(33)34/h3,6-8,11-14,16,24-25,28,31H,1,4-5,9-10,15,17-19H2,2H3,(H,29,32)(H,33,34). The minimum Gasteiger partial charge on any atom is -0.481 e. The number of hydrogen-bond acceptors (Lipinski definition) is 6. The molecule has 1 heterocycles. The quantitative estimate of drug-likeness (QED) is 0.278. The predicted octanol–water partition coefficient (Wildman–Crippen LogP) is 4.43. The number of carboxylic acids is 1. The molecule has 1 saturated heterocycles. The molecule has 0 radical (unpaired) electrons. The zero-order valence-corrected chi connectivity index (χ0v) is 20.8. The number of amides is 1. The van der Waals surface area contributed by atoms with Crippen molar-refractivity contribution in [3.05, 3.63) is 77.9 Å². The lowest BCUT2D eigenvalue weighted by molar-refractivity contribution is -0.252. The van der Waals surface area contributed by atoms with Crippen LogP contribution in [-0.2, 0) is 25.7 Å². The van der Waals surface area contributed by atoms with Gasteiger partial charge in [-0.1, -0.05) is 42.5 Å². The number of hydrogen-bond donors (Lipinski definition) is 3. The summed E-state index contributed by atoms with van der Waals surface area (Å²) in [6, 6.07) is 15.2. The summed E-state index contributed by atoms with van der Waals surface area (Å²) in [7, 11) is 2.02. The number of likely N-dealkylation sites (N-methyl/N-ethyl adjacent to an activating group) is 1. The van der Waals surface area contributed by atoms with Gasteiger partial charge in [-0.2, -0.15) is 0 Å². The summed E-state index contributed by atoms with van der Waals surface area (Å²) < 4.78 is 12.7. The highest BCUT2D eigenvalue weighted by molar-refractivity contribution is 5.90. The molecule has 0 aliphatic carbocycles. The van der Waals surface area contributed by atoms with Crippen molar-refractivity contribution in [2.45, 2.75) is 57.2 Å². The molecular weight excluding hydrogens is 460 g/mol. The van der Waals surface area contributed by atoms with Gasteiger partial charge in [-0.25, -0.2) is 0 Å². The first-order valence-electron chi connectivity index (χ1n) is 12.3. The van der Waals surface area contributed by atoms with E-state index in [-0.39, 0.29) is 37.6 Å². The zero-order chi connectivity index (χ0) is 25.9. The van der Waals surface area contributed by atoms with E-state index < -0.39 is 12.3 Å². The summed E-state index contributed by atoms with van der Waals surface area (Å²) in [5.74, 6) is -1.01. The number of unbranched alkanes of at least 4 members (excludes halogenated alkanes) is 1. The number of nitrogens with zero attached hydrogens (tertiary/aromatic N) is 1. The van der Waals surface area contributed by atoms with E-state index in [0.29, 0.717) is 31.5 Å². The molecule has 0 saturated carbocycles. The Morgan fingerprint density at radius 1 is 1.11 bits per heavy atom. The highest BCUT2D eigenvalue weighted by atomic mass is 16.7. The topological polar surface area (TPSA) is 108 Å². The van der Waals surface area contributed by atoms with Crippen molar-refractivity contribution in [1.29, 1.82) is 0 Å². The van der Waals surface area contributed by atoms with Crippen LogP contribution in [0.25, 0.3) is 0 Å². The van der Waals surface area contributed by atoms with E-state index in [9.17, 15) is 14.7 Å². The smallest absolute Gasteiger partial charge is 0.303 e. The molecule has 0 aromatic heterocycles. The van der Waals surface area contributed by atoms with E-state index in [1.807, 2.05) is 61.7 Å². The largest absolute Gasteiger partial charge is 0.481 e. The fourth-order valence-electron chi connectivity index (χ4n) is 4.22. The van der Waals surface area contributed by atoms with E-state index in [1.165, 1.54) is 0 Å². The Balaban J connectivity index is 1.71. The number of aliphatic carboxylic acids is 1. The van der Waals surface area contributed by atoms with Gasteiger partial charge >= 0.3 is 5.97 Å². The molecule has 1 aliphatic rings. The molecular formula is C28H36N2O6. The molecule has 0 bridgehead atoms. The van der Waals surface area contributed by atoms with Crippen molar-refractivity contribution >= 4 is 17.6 Å². The van der Waals surface area contributed by atoms with Gasteiger partial charge in [0, 0.05) is 43.6 Å². The number of carbonyl (C=O) groups excluding carboxylic acids is 1. The first-order chi connectivity index (χ1) is 17.4. The summed E-state index contributed by atoms with van der Waals surface area (Å²) in [5, 5.41) is 21.0. The Kier molecular flexibility index (Phi) is 10.6. The van der Waals surface area contributed by atoms with E-state index in [4.69, 9.17) is 14.6 Å².